The molecule has 4 heterocycles. The third kappa shape index (κ3) is 3.67. The molecule has 2 aromatic rings. The van der Waals surface area contributed by atoms with E-state index in [1.807, 2.05) is 30.9 Å². The van der Waals surface area contributed by atoms with Crippen LogP contribution in [0.4, 0.5) is 5.95 Å². The lowest BCUT2D eigenvalue weighted by Crippen LogP contribution is -2.50. The van der Waals surface area contributed by atoms with E-state index in [4.69, 9.17) is 4.74 Å². The van der Waals surface area contributed by atoms with Gasteiger partial charge in [-0.25, -0.2) is 15.0 Å². The number of anilines is 1. The van der Waals surface area contributed by atoms with Crippen LogP contribution in [0.1, 0.15) is 18.7 Å². The Morgan fingerprint density at radius 1 is 1.12 bits per heavy atom. The molecule has 0 radical (unpaired) electrons. The van der Waals surface area contributed by atoms with Crippen LogP contribution in [0.3, 0.4) is 0 Å². The van der Waals surface area contributed by atoms with Gasteiger partial charge < -0.3 is 14.2 Å². The molecule has 2 aliphatic heterocycles. The van der Waals surface area contributed by atoms with Gasteiger partial charge in [0.15, 0.2) is 0 Å². The van der Waals surface area contributed by atoms with Crippen molar-refractivity contribution in [2.24, 2.45) is 12.5 Å². The number of nitrogens with zero attached hydrogens (tertiary/aromatic N) is 6. The molecule has 4 rings (SSSR count). The third-order valence-corrected chi connectivity index (χ3v) is 5.30. The second kappa shape index (κ2) is 7.09. The first kappa shape index (κ1) is 16.5. The van der Waals surface area contributed by atoms with E-state index in [2.05, 4.69) is 36.4 Å². The number of aromatic nitrogens is 4. The van der Waals surface area contributed by atoms with Gasteiger partial charge in [-0.2, -0.15) is 0 Å². The highest BCUT2D eigenvalue weighted by atomic mass is 16.5. The molecule has 1 unspecified atom stereocenters. The van der Waals surface area contributed by atoms with Gasteiger partial charge in [-0.3, -0.25) is 4.90 Å². The molecule has 0 N–H and O–H groups in total. The van der Waals surface area contributed by atoms with E-state index in [1.165, 1.54) is 12.8 Å². The first-order chi connectivity index (χ1) is 12.2. The highest BCUT2D eigenvalue weighted by molar-refractivity contribution is 5.29. The van der Waals surface area contributed by atoms with Crippen molar-refractivity contribution < 1.29 is 4.74 Å². The quantitative estimate of drug-likeness (QED) is 0.839. The zero-order valence-electron chi connectivity index (χ0n) is 14.8. The molecule has 0 amide bonds. The normalized spacial score (nSPS) is 25.2. The van der Waals surface area contributed by atoms with E-state index in [1.54, 1.807) is 0 Å². The SMILES string of the molecule is Cn1ccnc1CN1CCCC2(COCCN(c3ncccn3)C2)C1. The maximum Gasteiger partial charge on any atom is 0.225 e. The summed E-state index contributed by atoms with van der Waals surface area (Å²) >= 11 is 0. The fourth-order valence-electron chi connectivity index (χ4n) is 4.06. The van der Waals surface area contributed by atoms with Gasteiger partial charge in [-0.1, -0.05) is 0 Å². The Hall–Kier alpha value is -1.99. The second-order valence-electron chi connectivity index (χ2n) is 7.29. The molecule has 25 heavy (non-hydrogen) atoms. The molecule has 7 heteroatoms. The molecule has 2 aromatic heterocycles. The van der Waals surface area contributed by atoms with Gasteiger partial charge in [0.1, 0.15) is 5.82 Å². The standard InChI is InChI=1S/C18H26N6O/c1-22-9-7-19-16(22)12-23-8-2-4-18(13-23)14-24(10-11-25-15-18)17-20-5-3-6-21-17/h3,5-7,9H,2,4,8,10-15H2,1H3. The molecule has 2 saturated heterocycles. The van der Waals surface area contributed by atoms with Crippen LogP contribution in [0, 0.1) is 5.41 Å². The molecule has 1 spiro atoms. The summed E-state index contributed by atoms with van der Waals surface area (Å²) < 4.78 is 8.11. The minimum atomic E-state index is 0.138. The predicted molar refractivity (Wildman–Crippen MR) is 95.2 cm³/mol. The summed E-state index contributed by atoms with van der Waals surface area (Å²) in [7, 11) is 2.06. The maximum atomic E-state index is 6.00. The van der Waals surface area contributed by atoms with Crippen LogP contribution < -0.4 is 4.90 Å². The number of aryl methyl sites for hydroxylation is 1. The number of imidazole rings is 1. The molecule has 0 bridgehead atoms. The van der Waals surface area contributed by atoms with Crippen molar-refractivity contribution in [1.82, 2.24) is 24.4 Å². The largest absolute Gasteiger partial charge is 0.379 e. The topological polar surface area (TPSA) is 59.3 Å². The molecule has 2 aliphatic rings. The molecule has 1 atom stereocenters. The lowest BCUT2D eigenvalue weighted by molar-refractivity contribution is 0.00965. The Bertz CT molecular complexity index is 690. The average molecular weight is 342 g/mol. The van der Waals surface area contributed by atoms with E-state index in [-0.39, 0.29) is 5.41 Å². The summed E-state index contributed by atoms with van der Waals surface area (Å²) in [4.78, 5) is 18.2. The molecule has 7 nitrogen and oxygen atoms in total. The summed E-state index contributed by atoms with van der Waals surface area (Å²) in [6, 6.07) is 1.86. The highest BCUT2D eigenvalue weighted by Gasteiger charge is 2.39. The van der Waals surface area contributed by atoms with E-state index in [0.29, 0.717) is 0 Å². The van der Waals surface area contributed by atoms with Crippen LogP contribution in [-0.2, 0) is 18.3 Å². The molecule has 0 saturated carbocycles. The van der Waals surface area contributed by atoms with Gasteiger partial charge in [-0.15, -0.1) is 0 Å². The van der Waals surface area contributed by atoms with Crippen molar-refractivity contribution in [2.75, 3.05) is 44.3 Å². The van der Waals surface area contributed by atoms with Gasteiger partial charge in [0.25, 0.3) is 0 Å². The van der Waals surface area contributed by atoms with E-state index < -0.39 is 0 Å². The second-order valence-corrected chi connectivity index (χ2v) is 7.29. The zero-order valence-corrected chi connectivity index (χ0v) is 14.8. The molecular weight excluding hydrogens is 316 g/mol. The minimum absolute atomic E-state index is 0.138. The van der Waals surface area contributed by atoms with Crippen LogP contribution in [0.25, 0.3) is 0 Å². The summed E-state index contributed by atoms with van der Waals surface area (Å²) in [6.07, 6.45) is 9.89. The number of hydrogen-bond acceptors (Lipinski definition) is 6. The smallest absolute Gasteiger partial charge is 0.225 e. The molecular formula is C18H26N6O. The van der Waals surface area contributed by atoms with Gasteiger partial charge in [-0.05, 0) is 25.5 Å². The van der Waals surface area contributed by atoms with E-state index in [9.17, 15) is 0 Å². The Kier molecular flexibility index (Phi) is 4.67. The predicted octanol–water partition coefficient (Wildman–Crippen LogP) is 1.33. The Balaban J connectivity index is 1.49. The van der Waals surface area contributed by atoms with Gasteiger partial charge in [0.2, 0.25) is 5.95 Å². The van der Waals surface area contributed by atoms with Crippen molar-refractivity contribution in [3.8, 4) is 0 Å². The Labute approximate surface area is 148 Å². The summed E-state index contributed by atoms with van der Waals surface area (Å²) in [5.74, 6) is 1.93. The zero-order chi connectivity index (χ0) is 17.1. The maximum absolute atomic E-state index is 6.00. The number of ether oxygens (including phenoxy) is 1. The van der Waals surface area contributed by atoms with Crippen LogP contribution in [-0.4, -0.2) is 63.8 Å². The van der Waals surface area contributed by atoms with Gasteiger partial charge in [0.05, 0.1) is 19.8 Å². The summed E-state index contributed by atoms with van der Waals surface area (Å²) in [5, 5.41) is 0. The fourth-order valence-corrected chi connectivity index (χ4v) is 4.06. The van der Waals surface area contributed by atoms with Gasteiger partial charge in [0, 0.05) is 56.9 Å². The van der Waals surface area contributed by atoms with Crippen LogP contribution in [0.5, 0.6) is 0 Å². The summed E-state index contributed by atoms with van der Waals surface area (Å²) in [6.45, 7) is 6.40. The molecule has 0 aliphatic carbocycles. The monoisotopic (exact) mass is 342 g/mol. The van der Waals surface area contributed by atoms with Crippen molar-refractivity contribution in [1.29, 1.82) is 0 Å². The average Bonchev–Trinajstić information content (AvgIpc) is 2.92. The van der Waals surface area contributed by atoms with Gasteiger partial charge >= 0.3 is 0 Å². The van der Waals surface area contributed by atoms with Crippen LogP contribution in [0.15, 0.2) is 30.9 Å². The highest BCUT2D eigenvalue weighted by Crippen LogP contribution is 2.34. The lowest BCUT2D eigenvalue weighted by Gasteiger charge is -2.43. The molecule has 0 aromatic carbocycles. The number of hydrogen-bond donors (Lipinski definition) is 0. The first-order valence-corrected chi connectivity index (χ1v) is 9.02. The van der Waals surface area contributed by atoms with Crippen molar-refractivity contribution >= 4 is 5.95 Å². The lowest BCUT2D eigenvalue weighted by atomic mass is 9.80. The Morgan fingerprint density at radius 3 is 2.80 bits per heavy atom. The number of piperidine rings is 1. The summed E-state index contributed by atoms with van der Waals surface area (Å²) in [5.41, 5.74) is 0.138. The molecule has 134 valence electrons. The third-order valence-electron chi connectivity index (χ3n) is 5.30. The van der Waals surface area contributed by atoms with Crippen molar-refractivity contribution in [3.63, 3.8) is 0 Å². The van der Waals surface area contributed by atoms with E-state index in [0.717, 1.165) is 57.7 Å². The number of rotatable bonds is 3. The number of likely N-dealkylation sites (tertiary alicyclic amines) is 1. The Morgan fingerprint density at radius 2 is 2.00 bits per heavy atom. The minimum Gasteiger partial charge on any atom is -0.379 e. The van der Waals surface area contributed by atoms with Crippen LogP contribution >= 0.6 is 0 Å². The van der Waals surface area contributed by atoms with E-state index >= 15 is 0 Å². The van der Waals surface area contributed by atoms with Crippen LogP contribution in [0.2, 0.25) is 0 Å². The van der Waals surface area contributed by atoms with Crippen molar-refractivity contribution in [2.45, 2.75) is 19.4 Å². The molecule has 2 fully saturated rings. The fraction of sp³-hybridized carbons (Fsp3) is 0.611. The first-order valence-electron chi connectivity index (χ1n) is 9.02. The van der Waals surface area contributed by atoms with Crippen molar-refractivity contribution in [3.05, 3.63) is 36.7 Å².